The van der Waals surface area contributed by atoms with Gasteiger partial charge in [0.05, 0.1) is 0 Å². The Labute approximate surface area is 94.3 Å². The number of Topliss-reactive ketones (excluding diaryl/α,β-unsaturated/α-hetero) is 1. The topological polar surface area (TPSA) is 54.5 Å². The Morgan fingerprint density at radius 1 is 1.12 bits per heavy atom. The van der Waals surface area contributed by atoms with Gasteiger partial charge in [-0.3, -0.25) is 19.3 Å². The number of ketones is 1. The number of hydrogen-bond donors (Lipinski definition) is 0. The number of carbonyl (C=O) groups is 3. The van der Waals surface area contributed by atoms with Crippen molar-refractivity contribution in [3.05, 3.63) is 12.2 Å². The van der Waals surface area contributed by atoms with Crippen LogP contribution in [-0.4, -0.2) is 28.5 Å². The third kappa shape index (κ3) is 1.92. The van der Waals surface area contributed by atoms with Crippen LogP contribution in [0.4, 0.5) is 0 Å². The monoisotopic (exact) mass is 221 g/mol. The highest BCUT2D eigenvalue weighted by atomic mass is 16.2. The van der Waals surface area contributed by atoms with Gasteiger partial charge in [0.25, 0.3) is 11.8 Å². The lowest BCUT2D eigenvalue weighted by Gasteiger charge is -2.32. The van der Waals surface area contributed by atoms with E-state index in [0.717, 1.165) is 25.7 Å². The van der Waals surface area contributed by atoms with Crippen LogP contribution in [0.5, 0.6) is 0 Å². The van der Waals surface area contributed by atoms with E-state index in [-0.39, 0.29) is 29.6 Å². The summed E-state index contributed by atoms with van der Waals surface area (Å²) in [6.45, 7) is 1.61. The lowest BCUT2D eigenvalue weighted by molar-refractivity contribution is -0.140. The average molecular weight is 221 g/mol. The van der Waals surface area contributed by atoms with E-state index < -0.39 is 0 Å². The molecule has 4 heteroatoms. The van der Waals surface area contributed by atoms with E-state index >= 15 is 0 Å². The Hall–Kier alpha value is -1.45. The summed E-state index contributed by atoms with van der Waals surface area (Å²) in [5.41, 5.74) is 0. The van der Waals surface area contributed by atoms with Crippen molar-refractivity contribution in [3.8, 4) is 0 Å². The van der Waals surface area contributed by atoms with Gasteiger partial charge in [-0.25, -0.2) is 0 Å². The van der Waals surface area contributed by atoms with Gasteiger partial charge in [0.15, 0.2) is 0 Å². The highest BCUT2D eigenvalue weighted by Crippen LogP contribution is 2.29. The van der Waals surface area contributed by atoms with Crippen molar-refractivity contribution in [1.29, 1.82) is 0 Å². The molecule has 0 spiro atoms. The number of hydrogen-bond acceptors (Lipinski definition) is 3. The smallest absolute Gasteiger partial charge is 0.253 e. The molecule has 0 saturated heterocycles. The summed E-state index contributed by atoms with van der Waals surface area (Å²) in [5.74, 6) is -0.0831. The van der Waals surface area contributed by atoms with Crippen LogP contribution < -0.4 is 0 Å². The van der Waals surface area contributed by atoms with Crippen molar-refractivity contribution in [2.24, 2.45) is 5.92 Å². The van der Waals surface area contributed by atoms with E-state index in [9.17, 15) is 14.4 Å². The molecule has 1 saturated carbocycles. The molecular formula is C12H15NO3. The molecule has 2 rings (SSSR count). The van der Waals surface area contributed by atoms with E-state index in [2.05, 4.69) is 0 Å². The van der Waals surface area contributed by atoms with Gasteiger partial charge >= 0.3 is 0 Å². The molecule has 0 aromatic rings. The highest BCUT2D eigenvalue weighted by molar-refractivity contribution is 6.13. The summed E-state index contributed by atoms with van der Waals surface area (Å²) < 4.78 is 0. The second-order valence-corrected chi connectivity index (χ2v) is 4.50. The number of nitrogens with zero attached hydrogens (tertiary/aromatic N) is 1. The molecule has 0 N–H and O–H groups in total. The van der Waals surface area contributed by atoms with Crippen LogP contribution >= 0.6 is 0 Å². The Morgan fingerprint density at radius 3 is 2.06 bits per heavy atom. The quantitative estimate of drug-likeness (QED) is 0.655. The molecule has 0 atom stereocenters. The van der Waals surface area contributed by atoms with Gasteiger partial charge < -0.3 is 0 Å². The number of carbonyl (C=O) groups excluding carboxylic acids is 3. The van der Waals surface area contributed by atoms with E-state index in [4.69, 9.17) is 0 Å². The average Bonchev–Trinajstić information content (AvgIpc) is 2.59. The van der Waals surface area contributed by atoms with Crippen LogP contribution in [0.25, 0.3) is 0 Å². The summed E-state index contributed by atoms with van der Waals surface area (Å²) in [6.07, 6.45) is 5.72. The molecule has 0 aromatic heterocycles. The summed E-state index contributed by atoms with van der Waals surface area (Å²) >= 11 is 0. The van der Waals surface area contributed by atoms with Crippen molar-refractivity contribution in [1.82, 2.24) is 4.90 Å². The molecule has 1 aliphatic heterocycles. The van der Waals surface area contributed by atoms with Crippen molar-refractivity contribution >= 4 is 17.6 Å². The van der Waals surface area contributed by atoms with Crippen molar-refractivity contribution in [2.75, 3.05) is 0 Å². The zero-order chi connectivity index (χ0) is 11.7. The van der Waals surface area contributed by atoms with Crippen LogP contribution in [0, 0.1) is 5.92 Å². The Balaban J connectivity index is 1.97. The normalized spacial score (nSPS) is 29.9. The van der Waals surface area contributed by atoms with Gasteiger partial charge in [0.1, 0.15) is 5.78 Å². The Bertz CT molecular complexity index is 346. The van der Waals surface area contributed by atoms with Crippen LogP contribution in [0.3, 0.4) is 0 Å². The highest BCUT2D eigenvalue weighted by Gasteiger charge is 2.34. The zero-order valence-electron chi connectivity index (χ0n) is 9.31. The molecule has 1 fully saturated rings. The molecule has 4 nitrogen and oxygen atoms in total. The third-order valence-corrected chi connectivity index (χ3v) is 3.48. The fourth-order valence-corrected chi connectivity index (χ4v) is 2.51. The maximum absolute atomic E-state index is 11.5. The minimum absolute atomic E-state index is 0.00870. The fourth-order valence-electron chi connectivity index (χ4n) is 2.51. The minimum Gasteiger partial charge on any atom is -0.300 e. The summed E-state index contributed by atoms with van der Waals surface area (Å²) in [7, 11) is 0. The van der Waals surface area contributed by atoms with Gasteiger partial charge in [0, 0.05) is 24.1 Å². The molecule has 0 bridgehead atoms. The summed E-state index contributed by atoms with van der Waals surface area (Å²) in [5, 5.41) is 0. The largest absolute Gasteiger partial charge is 0.300 e. The second-order valence-electron chi connectivity index (χ2n) is 4.50. The van der Waals surface area contributed by atoms with Crippen molar-refractivity contribution in [2.45, 2.75) is 38.6 Å². The second kappa shape index (κ2) is 4.20. The first-order valence-corrected chi connectivity index (χ1v) is 5.65. The number of amides is 2. The summed E-state index contributed by atoms with van der Waals surface area (Å²) in [6, 6.07) is -0.00870. The number of rotatable bonds is 2. The van der Waals surface area contributed by atoms with Gasteiger partial charge in [0.2, 0.25) is 0 Å². The van der Waals surface area contributed by atoms with Crippen molar-refractivity contribution in [3.63, 3.8) is 0 Å². The zero-order valence-corrected chi connectivity index (χ0v) is 9.31. The maximum atomic E-state index is 11.5. The summed E-state index contributed by atoms with van der Waals surface area (Å²) in [4.78, 5) is 35.4. The lowest BCUT2D eigenvalue weighted by Crippen LogP contribution is -2.42. The molecule has 0 aromatic carbocycles. The van der Waals surface area contributed by atoms with Crippen LogP contribution in [-0.2, 0) is 14.4 Å². The molecule has 1 heterocycles. The van der Waals surface area contributed by atoms with Crippen LogP contribution in [0.2, 0.25) is 0 Å². The minimum atomic E-state index is -0.212. The predicted octanol–water partition coefficient (Wildman–Crippen LogP) is 1.06. The van der Waals surface area contributed by atoms with Gasteiger partial charge in [-0.1, -0.05) is 0 Å². The molecular weight excluding hydrogens is 206 g/mol. The van der Waals surface area contributed by atoms with E-state index in [1.807, 2.05) is 0 Å². The SMILES string of the molecule is CC(=O)C1CCC(N2C(=O)C=CC2=O)CC1. The molecule has 2 amide bonds. The van der Waals surface area contributed by atoms with E-state index in [0.29, 0.717) is 0 Å². The first kappa shape index (κ1) is 11.0. The van der Waals surface area contributed by atoms with Crippen molar-refractivity contribution < 1.29 is 14.4 Å². The third-order valence-electron chi connectivity index (χ3n) is 3.48. The Kier molecular flexibility index (Phi) is 2.90. The molecule has 16 heavy (non-hydrogen) atoms. The molecule has 86 valence electrons. The standard InChI is InChI=1S/C12H15NO3/c1-8(14)9-2-4-10(5-3-9)13-11(15)6-7-12(13)16/h6-7,9-10H,2-5H2,1H3. The molecule has 0 radical (unpaired) electrons. The first-order valence-electron chi connectivity index (χ1n) is 5.65. The van der Waals surface area contributed by atoms with Crippen LogP contribution in [0.15, 0.2) is 12.2 Å². The first-order chi connectivity index (χ1) is 7.59. The predicted molar refractivity (Wildman–Crippen MR) is 57.4 cm³/mol. The van der Waals surface area contributed by atoms with Crippen LogP contribution in [0.1, 0.15) is 32.6 Å². The maximum Gasteiger partial charge on any atom is 0.253 e. The molecule has 1 aliphatic carbocycles. The van der Waals surface area contributed by atoms with Gasteiger partial charge in [-0.15, -0.1) is 0 Å². The molecule has 0 unspecified atom stereocenters. The lowest BCUT2D eigenvalue weighted by atomic mass is 9.83. The fraction of sp³-hybridized carbons (Fsp3) is 0.583. The molecule has 2 aliphatic rings. The van der Waals surface area contributed by atoms with Gasteiger partial charge in [-0.2, -0.15) is 0 Å². The van der Waals surface area contributed by atoms with E-state index in [1.165, 1.54) is 17.1 Å². The number of imide groups is 1. The van der Waals surface area contributed by atoms with E-state index in [1.54, 1.807) is 6.92 Å². The Morgan fingerprint density at radius 2 is 1.62 bits per heavy atom. The van der Waals surface area contributed by atoms with Gasteiger partial charge in [-0.05, 0) is 32.6 Å².